The first-order valence-corrected chi connectivity index (χ1v) is 6.21. The number of nitrogen functional groups attached to an aromatic ring is 1. The maximum atomic E-state index is 11.2. The number of benzene rings is 2. The molecule has 2 aromatic carbocycles. The second kappa shape index (κ2) is 5.97. The topological polar surface area (TPSA) is 79.8 Å². The monoisotopic (exact) mass is 268 g/mol. The highest BCUT2D eigenvalue weighted by Crippen LogP contribution is 2.32. The lowest BCUT2D eigenvalue weighted by atomic mass is 10.2. The van der Waals surface area contributed by atoms with E-state index in [2.05, 4.69) is 15.5 Å². The molecule has 0 aliphatic rings. The summed E-state index contributed by atoms with van der Waals surface area (Å²) in [5, 5.41) is 11.0. The fourth-order valence-electron chi connectivity index (χ4n) is 1.68. The molecule has 0 radical (unpaired) electrons. The highest BCUT2D eigenvalue weighted by atomic mass is 16.1. The molecular formula is C15H16N4O. The minimum absolute atomic E-state index is 0.178. The Labute approximate surface area is 117 Å². The molecule has 0 saturated carbocycles. The van der Waals surface area contributed by atoms with Crippen molar-refractivity contribution < 1.29 is 4.79 Å². The van der Waals surface area contributed by atoms with Gasteiger partial charge in [-0.2, -0.15) is 5.11 Å². The van der Waals surface area contributed by atoms with E-state index in [0.717, 1.165) is 11.3 Å². The van der Waals surface area contributed by atoms with E-state index in [-0.39, 0.29) is 5.91 Å². The predicted octanol–water partition coefficient (Wildman–Crippen LogP) is 3.95. The van der Waals surface area contributed by atoms with Crippen molar-refractivity contribution in [1.29, 1.82) is 0 Å². The van der Waals surface area contributed by atoms with Gasteiger partial charge in [0, 0.05) is 6.92 Å². The van der Waals surface area contributed by atoms with Crippen LogP contribution in [0.2, 0.25) is 0 Å². The molecule has 0 atom stereocenters. The summed E-state index contributed by atoms with van der Waals surface area (Å²) in [5.74, 6) is -0.178. The van der Waals surface area contributed by atoms with Gasteiger partial charge in [-0.3, -0.25) is 4.79 Å². The SMILES string of the molecule is CC(=O)Nc1cccc(N)c1N=Nc1ccc(C)cc1. The van der Waals surface area contributed by atoms with Crippen LogP contribution in [0.15, 0.2) is 52.7 Å². The number of anilines is 2. The third-order valence-electron chi connectivity index (χ3n) is 2.68. The fourth-order valence-corrected chi connectivity index (χ4v) is 1.68. The van der Waals surface area contributed by atoms with Gasteiger partial charge in [0.1, 0.15) is 5.69 Å². The van der Waals surface area contributed by atoms with Gasteiger partial charge in [-0.1, -0.05) is 23.8 Å². The van der Waals surface area contributed by atoms with Crippen molar-refractivity contribution in [2.24, 2.45) is 10.2 Å². The van der Waals surface area contributed by atoms with E-state index in [1.165, 1.54) is 6.92 Å². The number of amides is 1. The average molecular weight is 268 g/mol. The number of hydrogen-bond donors (Lipinski definition) is 2. The van der Waals surface area contributed by atoms with Gasteiger partial charge in [0.25, 0.3) is 0 Å². The van der Waals surface area contributed by atoms with Crippen LogP contribution in [0.3, 0.4) is 0 Å². The molecule has 102 valence electrons. The smallest absolute Gasteiger partial charge is 0.221 e. The molecule has 0 fully saturated rings. The quantitative estimate of drug-likeness (QED) is 0.652. The first-order chi connectivity index (χ1) is 9.56. The van der Waals surface area contributed by atoms with E-state index in [0.29, 0.717) is 17.1 Å². The number of carbonyl (C=O) groups excluding carboxylic acids is 1. The number of nitrogens with two attached hydrogens (primary N) is 1. The lowest BCUT2D eigenvalue weighted by Gasteiger charge is -2.07. The summed E-state index contributed by atoms with van der Waals surface area (Å²) in [5.41, 5.74) is 9.24. The molecule has 0 unspecified atom stereocenters. The summed E-state index contributed by atoms with van der Waals surface area (Å²) in [4.78, 5) is 11.2. The summed E-state index contributed by atoms with van der Waals surface area (Å²) in [7, 11) is 0. The first kappa shape index (κ1) is 13.7. The van der Waals surface area contributed by atoms with Crippen molar-refractivity contribution in [3.63, 3.8) is 0 Å². The maximum absolute atomic E-state index is 11.2. The Balaban J connectivity index is 2.32. The van der Waals surface area contributed by atoms with Crippen molar-refractivity contribution in [3.05, 3.63) is 48.0 Å². The minimum Gasteiger partial charge on any atom is -0.397 e. The molecule has 0 heterocycles. The highest BCUT2D eigenvalue weighted by molar-refractivity contribution is 5.94. The normalized spacial score (nSPS) is 10.7. The third kappa shape index (κ3) is 3.41. The Morgan fingerprint density at radius 2 is 1.80 bits per heavy atom. The average Bonchev–Trinajstić information content (AvgIpc) is 2.39. The Morgan fingerprint density at radius 1 is 1.10 bits per heavy atom. The minimum atomic E-state index is -0.178. The second-order valence-corrected chi connectivity index (χ2v) is 4.46. The molecule has 0 aromatic heterocycles. The number of aryl methyl sites for hydroxylation is 1. The van der Waals surface area contributed by atoms with Crippen LogP contribution in [0.25, 0.3) is 0 Å². The third-order valence-corrected chi connectivity index (χ3v) is 2.68. The number of azo groups is 1. The predicted molar refractivity (Wildman–Crippen MR) is 80.5 cm³/mol. The van der Waals surface area contributed by atoms with Crippen LogP contribution in [-0.2, 0) is 4.79 Å². The summed E-state index contributed by atoms with van der Waals surface area (Å²) < 4.78 is 0. The van der Waals surface area contributed by atoms with Crippen molar-refractivity contribution in [2.75, 3.05) is 11.1 Å². The van der Waals surface area contributed by atoms with E-state index in [1.807, 2.05) is 31.2 Å². The molecule has 2 aromatic rings. The molecule has 20 heavy (non-hydrogen) atoms. The summed E-state index contributed by atoms with van der Waals surface area (Å²) in [6.07, 6.45) is 0. The number of nitrogens with zero attached hydrogens (tertiary/aromatic N) is 2. The highest BCUT2D eigenvalue weighted by Gasteiger charge is 2.06. The molecule has 5 heteroatoms. The summed E-state index contributed by atoms with van der Waals surface area (Å²) >= 11 is 0. The summed E-state index contributed by atoms with van der Waals surface area (Å²) in [6.45, 7) is 3.44. The van der Waals surface area contributed by atoms with Crippen molar-refractivity contribution in [3.8, 4) is 0 Å². The molecule has 0 saturated heterocycles. The van der Waals surface area contributed by atoms with Crippen LogP contribution in [0.1, 0.15) is 12.5 Å². The van der Waals surface area contributed by atoms with Crippen LogP contribution >= 0.6 is 0 Å². The lowest BCUT2D eigenvalue weighted by molar-refractivity contribution is -0.114. The number of nitrogens with one attached hydrogen (secondary N) is 1. The Kier molecular flexibility index (Phi) is 4.10. The summed E-state index contributed by atoms with van der Waals surface area (Å²) in [6, 6.07) is 12.9. The molecule has 2 rings (SSSR count). The van der Waals surface area contributed by atoms with Gasteiger partial charge in [0.15, 0.2) is 0 Å². The van der Waals surface area contributed by atoms with E-state index in [4.69, 9.17) is 5.73 Å². The van der Waals surface area contributed by atoms with Gasteiger partial charge in [-0.15, -0.1) is 5.11 Å². The fraction of sp³-hybridized carbons (Fsp3) is 0.133. The standard InChI is InChI=1S/C15H16N4O/c1-10-6-8-12(9-7-10)18-19-15-13(16)4-3-5-14(15)17-11(2)20/h3-9H,16H2,1-2H3,(H,17,20). The molecule has 0 spiro atoms. The van der Waals surface area contributed by atoms with Gasteiger partial charge in [0.05, 0.1) is 17.1 Å². The number of carbonyl (C=O) groups is 1. The van der Waals surface area contributed by atoms with Gasteiger partial charge in [0.2, 0.25) is 5.91 Å². The Hall–Kier alpha value is -2.69. The maximum Gasteiger partial charge on any atom is 0.221 e. The number of hydrogen-bond acceptors (Lipinski definition) is 4. The van der Waals surface area contributed by atoms with Crippen LogP contribution < -0.4 is 11.1 Å². The van der Waals surface area contributed by atoms with Crippen LogP contribution in [0, 0.1) is 6.92 Å². The molecule has 1 amide bonds. The van der Waals surface area contributed by atoms with E-state index < -0.39 is 0 Å². The van der Waals surface area contributed by atoms with Crippen molar-refractivity contribution in [1.82, 2.24) is 0 Å². The first-order valence-electron chi connectivity index (χ1n) is 6.21. The van der Waals surface area contributed by atoms with E-state index in [9.17, 15) is 4.79 Å². The van der Waals surface area contributed by atoms with Crippen LogP contribution in [0.5, 0.6) is 0 Å². The van der Waals surface area contributed by atoms with Gasteiger partial charge < -0.3 is 11.1 Å². The number of rotatable bonds is 3. The van der Waals surface area contributed by atoms with E-state index >= 15 is 0 Å². The Bertz CT molecular complexity index is 647. The molecule has 3 N–H and O–H groups in total. The van der Waals surface area contributed by atoms with Crippen LogP contribution in [0.4, 0.5) is 22.7 Å². The molecule has 0 aliphatic carbocycles. The molecular weight excluding hydrogens is 252 g/mol. The zero-order chi connectivity index (χ0) is 14.5. The Morgan fingerprint density at radius 3 is 2.45 bits per heavy atom. The molecule has 0 aliphatic heterocycles. The van der Waals surface area contributed by atoms with Gasteiger partial charge >= 0.3 is 0 Å². The van der Waals surface area contributed by atoms with Gasteiger partial charge in [-0.25, -0.2) is 0 Å². The van der Waals surface area contributed by atoms with E-state index in [1.54, 1.807) is 18.2 Å². The van der Waals surface area contributed by atoms with Crippen molar-refractivity contribution in [2.45, 2.75) is 13.8 Å². The molecule has 0 bridgehead atoms. The largest absolute Gasteiger partial charge is 0.397 e. The second-order valence-electron chi connectivity index (χ2n) is 4.46. The molecule has 5 nitrogen and oxygen atoms in total. The lowest BCUT2D eigenvalue weighted by Crippen LogP contribution is -2.06. The van der Waals surface area contributed by atoms with Gasteiger partial charge in [-0.05, 0) is 31.2 Å². The van der Waals surface area contributed by atoms with Crippen LogP contribution in [-0.4, -0.2) is 5.91 Å². The van der Waals surface area contributed by atoms with Crippen molar-refractivity contribution >= 4 is 28.7 Å². The zero-order valence-corrected chi connectivity index (χ0v) is 11.4. The zero-order valence-electron chi connectivity index (χ0n) is 11.4.